The largest absolute Gasteiger partial charge is 0.496 e. The first-order chi connectivity index (χ1) is 23.7. The van der Waals surface area contributed by atoms with Crippen LogP contribution in [0.3, 0.4) is 0 Å². The molecule has 5 aromatic rings. The van der Waals surface area contributed by atoms with E-state index in [1.54, 1.807) is 31.6 Å². The van der Waals surface area contributed by atoms with Gasteiger partial charge in [0.2, 0.25) is 0 Å². The third-order valence-electron chi connectivity index (χ3n) is 8.36. The maximum Gasteiger partial charge on any atom is 0.196 e. The lowest BCUT2D eigenvalue weighted by atomic mass is 9.86. The Kier molecular flexibility index (Phi) is 10.4. The molecule has 3 heterocycles. The topological polar surface area (TPSA) is 116 Å². The molecule has 254 valence electrons. The van der Waals surface area contributed by atoms with Crippen LogP contribution in [0.5, 0.6) is 11.5 Å². The van der Waals surface area contributed by atoms with Gasteiger partial charge in [0, 0.05) is 54.8 Å². The molecule has 1 N–H and O–H groups in total. The predicted octanol–water partition coefficient (Wildman–Crippen LogP) is 7.18. The molecule has 0 radical (unpaired) electrons. The number of pyridine rings is 1. The van der Waals surface area contributed by atoms with Crippen molar-refractivity contribution >= 4 is 48.2 Å². The molecule has 1 aliphatic rings. The lowest BCUT2D eigenvalue weighted by Crippen LogP contribution is -2.34. The van der Waals surface area contributed by atoms with Crippen molar-refractivity contribution < 1.29 is 27.0 Å². The second kappa shape index (κ2) is 14.9. The van der Waals surface area contributed by atoms with Crippen molar-refractivity contribution in [2.24, 2.45) is 0 Å². The van der Waals surface area contributed by atoms with Crippen LogP contribution in [0, 0.1) is 5.82 Å². The zero-order chi connectivity index (χ0) is 34.4. The Hall–Kier alpha value is -4.59. The highest BCUT2D eigenvalue weighted by molar-refractivity contribution is 9.10. The summed E-state index contributed by atoms with van der Waals surface area (Å²) in [7, 11) is 0.00592. The molecule has 0 aliphatic carbocycles. The number of methoxy groups -OCH3 is 1. The number of rotatable bonds is 14. The highest BCUT2D eigenvalue weighted by atomic mass is 79.9. The number of anilines is 2. The van der Waals surface area contributed by atoms with Gasteiger partial charge in [-0.3, -0.25) is 0 Å². The Morgan fingerprint density at radius 3 is 2.63 bits per heavy atom. The quantitative estimate of drug-likeness (QED) is 0.125. The highest BCUT2D eigenvalue weighted by Gasteiger charge is 2.38. The van der Waals surface area contributed by atoms with E-state index in [-0.39, 0.29) is 23.2 Å². The van der Waals surface area contributed by atoms with E-state index in [1.807, 2.05) is 54.4 Å². The van der Waals surface area contributed by atoms with Gasteiger partial charge in [-0.15, -0.1) is 0 Å². The average Bonchev–Trinajstić information content (AvgIpc) is 3.59. The fraction of sp³-hybridized carbons (Fsp3) is 0.250. The molecule has 0 spiro atoms. The van der Waals surface area contributed by atoms with E-state index in [4.69, 9.17) is 14.2 Å². The monoisotopic (exact) mass is 747 g/mol. The molecular weight excluding hydrogens is 713 g/mol. The second-order valence-electron chi connectivity index (χ2n) is 11.7. The van der Waals surface area contributed by atoms with Crippen LogP contribution in [0.2, 0.25) is 0 Å². The van der Waals surface area contributed by atoms with Gasteiger partial charge in [0.15, 0.2) is 14.9 Å². The molecule has 0 saturated carbocycles. The van der Waals surface area contributed by atoms with Gasteiger partial charge in [0.25, 0.3) is 0 Å². The molecule has 10 nitrogen and oxygen atoms in total. The molecule has 0 saturated heterocycles. The van der Waals surface area contributed by atoms with Crippen molar-refractivity contribution in [3.63, 3.8) is 0 Å². The minimum atomic E-state index is -3.51. The smallest absolute Gasteiger partial charge is 0.196 e. The summed E-state index contributed by atoms with van der Waals surface area (Å²) in [4.78, 5) is 15.1. The molecule has 0 fully saturated rings. The number of hydrogen-bond donors (Lipinski definition) is 1. The Morgan fingerprint density at radius 1 is 1.02 bits per heavy atom. The molecule has 1 aliphatic heterocycles. The van der Waals surface area contributed by atoms with E-state index in [0.717, 1.165) is 26.7 Å². The maximum absolute atomic E-state index is 13.6. The van der Waals surface area contributed by atoms with Crippen LogP contribution in [0.15, 0.2) is 107 Å². The van der Waals surface area contributed by atoms with Crippen LogP contribution in [0.25, 0.3) is 10.9 Å². The van der Waals surface area contributed by atoms with Gasteiger partial charge < -0.3 is 24.4 Å². The number of hydrogen-bond acceptors (Lipinski definition) is 10. The average molecular weight is 749 g/mol. The standard InChI is InChI=1S/C36H35BrFN5O5S/c1-43(16-18-49(44,45)34-9-3-4-14-39-34)15-13-36(12-6-17-48-36)29-21-28-31(22-33(29)46-2)40-24-41-35(28)42-27-10-11-32(30(37)20-27)47-23-25-7-5-8-26(38)19-25/h3-11,14,17,19-22,24H,12-13,15-16,18,23H2,1-2H3,(H,40,41,42). The summed E-state index contributed by atoms with van der Waals surface area (Å²) in [5.41, 5.74) is 2.27. The zero-order valence-corrected chi connectivity index (χ0v) is 29.4. The molecule has 6 rings (SSSR count). The molecule has 2 aromatic heterocycles. The molecule has 0 amide bonds. The van der Waals surface area contributed by atoms with E-state index in [2.05, 4.69) is 36.2 Å². The van der Waals surface area contributed by atoms with Crippen LogP contribution < -0.4 is 14.8 Å². The number of halogens is 2. The van der Waals surface area contributed by atoms with Crippen molar-refractivity contribution in [2.75, 3.05) is 38.3 Å². The lowest BCUT2D eigenvalue weighted by molar-refractivity contribution is 0.0228. The summed E-state index contributed by atoms with van der Waals surface area (Å²) >= 11 is 3.59. The third-order valence-corrected chi connectivity index (χ3v) is 10.6. The van der Waals surface area contributed by atoms with Crippen LogP contribution in [-0.2, 0) is 26.8 Å². The Balaban J connectivity index is 1.20. The van der Waals surface area contributed by atoms with Gasteiger partial charge in [-0.1, -0.05) is 18.2 Å². The van der Waals surface area contributed by atoms with Crippen LogP contribution in [0.4, 0.5) is 15.9 Å². The number of fused-ring (bicyclic) bond motifs is 1. The van der Waals surface area contributed by atoms with Crippen molar-refractivity contribution in [2.45, 2.75) is 30.1 Å². The summed E-state index contributed by atoms with van der Waals surface area (Å²) in [5.74, 6) is 1.48. The van der Waals surface area contributed by atoms with Gasteiger partial charge in [-0.2, -0.15) is 0 Å². The van der Waals surface area contributed by atoms with E-state index in [0.29, 0.717) is 48.8 Å². The summed E-state index contributed by atoms with van der Waals surface area (Å²) in [5, 5.41) is 4.25. The lowest BCUT2D eigenvalue weighted by Gasteiger charge is -2.32. The highest BCUT2D eigenvalue weighted by Crippen LogP contribution is 2.45. The van der Waals surface area contributed by atoms with E-state index in [1.165, 1.54) is 30.7 Å². The Bertz CT molecular complexity index is 2080. The summed E-state index contributed by atoms with van der Waals surface area (Å²) in [6.45, 7) is 1.13. The van der Waals surface area contributed by atoms with Crippen molar-refractivity contribution in [1.82, 2.24) is 19.9 Å². The van der Waals surface area contributed by atoms with Crippen LogP contribution >= 0.6 is 15.9 Å². The number of ether oxygens (including phenoxy) is 3. The molecule has 1 unspecified atom stereocenters. The minimum Gasteiger partial charge on any atom is -0.496 e. The Morgan fingerprint density at radius 2 is 1.90 bits per heavy atom. The normalized spacial score (nSPS) is 15.8. The molecule has 0 bridgehead atoms. The van der Waals surface area contributed by atoms with Gasteiger partial charge >= 0.3 is 0 Å². The number of aromatic nitrogens is 3. The van der Waals surface area contributed by atoms with Crippen LogP contribution in [0.1, 0.15) is 24.0 Å². The van der Waals surface area contributed by atoms with E-state index in [9.17, 15) is 12.8 Å². The van der Waals surface area contributed by atoms with Crippen molar-refractivity contribution in [1.29, 1.82) is 0 Å². The number of benzene rings is 3. The van der Waals surface area contributed by atoms with Gasteiger partial charge in [0.1, 0.15) is 41.7 Å². The number of nitrogens with zero attached hydrogens (tertiary/aromatic N) is 4. The SMILES string of the molecule is COc1cc2ncnc(Nc3ccc(OCc4cccc(F)c4)c(Br)c3)c2cc1C1(CCN(C)CCS(=O)(=O)c2ccccn2)CC=CO1. The third kappa shape index (κ3) is 8.01. The fourth-order valence-corrected chi connectivity index (χ4v) is 7.42. The summed E-state index contributed by atoms with van der Waals surface area (Å²) < 4.78 is 58.0. The number of nitrogens with one attached hydrogen (secondary N) is 1. The van der Waals surface area contributed by atoms with Gasteiger partial charge in [0.05, 0.1) is 29.1 Å². The Labute approximate surface area is 293 Å². The molecule has 13 heteroatoms. The first-order valence-corrected chi connectivity index (χ1v) is 18.0. The maximum atomic E-state index is 13.6. The van der Waals surface area contributed by atoms with Crippen molar-refractivity contribution in [3.05, 3.63) is 119 Å². The molecule has 1 atom stereocenters. The van der Waals surface area contributed by atoms with Crippen molar-refractivity contribution in [3.8, 4) is 11.5 Å². The second-order valence-corrected chi connectivity index (χ2v) is 14.6. The zero-order valence-electron chi connectivity index (χ0n) is 27.0. The van der Waals surface area contributed by atoms with E-state index >= 15 is 0 Å². The number of sulfone groups is 1. The van der Waals surface area contributed by atoms with E-state index < -0.39 is 15.4 Å². The van der Waals surface area contributed by atoms with Gasteiger partial charge in [-0.25, -0.2) is 27.8 Å². The fourth-order valence-electron chi connectivity index (χ4n) is 5.66. The predicted molar refractivity (Wildman–Crippen MR) is 189 cm³/mol. The summed E-state index contributed by atoms with van der Waals surface area (Å²) in [6.07, 6.45) is 7.83. The molecule has 3 aromatic carbocycles. The molecular formula is C36H35BrFN5O5S. The minimum absolute atomic E-state index is 0.0471. The first-order valence-electron chi connectivity index (χ1n) is 15.6. The summed E-state index contributed by atoms with van der Waals surface area (Å²) in [6, 6.07) is 20.6. The molecule has 49 heavy (non-hydrogen) atoms. The van der Waals surface area contributed by atoms with Gasteiger partial charge in [-0.05, 0) is 83.1 Å². The first kappa shape index (κ1) is 34.3. The van der Waals surface area contributed by atoms with Crippen LogP contribution in [-0.4, -0.2) is 61.3 Å².